The molecule has 0 fully saturated rings. The summed E-state index contributed by atoms with van der Waals surface area (Å²) >= 11 is 0. The number of hydrogen-bond acceptors (Lipinski definition) is 0. The number of fused-ring (bicyclic) bond motifs is 1. The van der Waals surface area contributed by atoms with E-state index >= 15 is 0 Å². The summed E-state index contributed by atoms with van der Waals surface area (Å²) in [6, 6.07) is 0. The van der Waals surface area contributed by atoms with E-state index in [1.54, 1.807) is 11.1 Å². The Morgan fingerprint density at radius 3 is 2.81 bits per heavy atom. The second-order valence-corrected chi connectivity index (χ2v) is 4.79. The Morgan fingerprint density at radius 2 is 2.06 bits per heavy atom. The van der Waals surface area contributed by atoms with E-state index in [9.17, 15) is 0 Å². The monoisotopic (exact) mass is 214 g/mol. The smallest absolute Gasteiger partial charge is 0.00610 e. The molecule has 0 aromatic heterocycles. The molecule has 2 aliphatic carbocycles. The zero-order valence-electron chi connectivity index (χ0n) is 10.5. The lowest BCUT2D eigenvalue weighted by atomic mass is 9.79. The fraction of sp³-hybridized carbons (Fsp3) is 0.500. The van der Waals surface area contributed by atoms with Crippen molar-refractivity contribution in [3.8, 4) is 0 Å². The van der Waals surface area contributed by atoms with Crippen LogP contribution in [0.25, 0.3) is 0 Å². The molecule has 0 heterocycles. The van der Waals surface area contributed by atoms with E-state index in [2.05, 4.69) is 44.2 Å². The summed E-state index contributed by atoms with van der Waals surface area (Å²) in [5, 5.41) is 0. The maximum atomic E-state index is 2.37. The standard InChI is InChI=1S/C16H22/c1-3-5-7-13-10-11-16-14(4-2)8-6-9-15(16)12-13/h6,8-11,15H,3-5,7,12H2,1-2H3/t15-/m1/s1. The topological polar surface area (TPSA) is 0 Å². The van der Waals surface area contributed by atoms with Crippen molar-refractivity contribution in [3.05, 3.63) is 47.1 Å². The van der Waals surface area contributed by atoms with Gasteiger partial charge in [0.15, 0.2) is 0 Å². The van der Waals surface area contributed by atoms with Crippen molar-refractivity contribution >= 4 is 0 Å². The van der Waals surface area contributed by atoms with Gasteiger partial charge in [-0.25, -0.2) is 0 Å². The molecule has 0 heteroatoms. The highest BCUT2D eigenvalue weighted by molar-refractivity contribution is 5.46. The highest BCUT2D eigenvalue weighted by atomic mass is 14.2. The van der Waals surface area contributed by atoms with Gasteiger partial charge in [0.05, 0.1) is 0 Å². The maximum Gasteiger partial charge on any atom is 0.00610 e. The van der Waals surface area contributed by atoms with Gasteiger partial charge in [-0.05, 0) is 36.8 Å². The van der Waals surface area contributed by atoms with Crippen LogP contribution in [0, 0.1) is 5.92 Å². The van der Waals surface area contributed by atoms with Gasteiger partial charge in [0.25, 0.3) is 0 Å². The van der Waals surface area contributed by atoms with E-state index in [1.807, 2.05) is 0 Å². The molecule has 0 saturated carbocycles. The molecule has 2 rings (SSSR count). The summed E-state index contributed by atoms with van der Waals surface area (Å²) in [7, 11) is 0. The third-order valence-corrected chi connectivity index (χ3v) is 3.62. The molecular weight excluding hydrogens is 192 g/mol. The average Bonchev–Trinajstić information content (AvgIpc) is 2.35. The Hall–Kier alpha value is -1.04. The average molecular weight is 214 g/mol. The maximum absolute atomic E-state index is 2.37. The first-order valence-electron chi connectivity index (χ1n) is 6.62. The van der Waals surface area contributed by atoms with Gasteiger partial charge in [-0.2, -0.15) is 0 Å². The van der Waals surface area contributed by atoms with Crippen LogP contribution in [0.15, 0.2) is 47.1 Å². The van der Waals surface area contributed by atoms with Crippen molar-refractivity contribution in [2.75, 3.05) is 0 Å². The molecule has 0 radical (unpaired) electrons. The largest absolute Gasteiger partial charge is 0.0767 e. The minimum atomic E-state index is 0.664. The van der Waals surface area contributed by atoms with E-state index in [4.69, 9.17) is 0 Å². The molecule has 0 bridgehead atoms. The van der Waals surface area contributed by atoms with Gasteiger partial charge in [0.1, 0.15) is 0 Å². The van der Waals surface area contributed by atoms with Crippen molar-refractivity contribution in [3.63, 3.8) is 0 Å². The molecule has 0 amide bonds. The number of hydrogen-bond donors (Lipinski definition) is 0. The van der Waals surface area contributed by atoms with Gasteiger partial charge >= 0.3 is 0 Å². The first kappa shape index (κ1) is 11.4. The highest BCUT2D eigenvalue weighted by Gasteiger charge is 2.20. The van der Waals surface area contributed by atoms with Crippen LogP contribution < -0.4 is 0 Å². The Labute approximate surface area is 99.4 Å². The van der Waals surface area contributed by atoms with Crippen LogP contribution in [0.4, 0.5) is 0 Å². The molecule has 0 aliphatic heterocycles. The Balaban J connectivity index is 2.12. The summed E-state index contributed by atoms with van der Waals surface area (Å²) in [6.07, 6.45) is 17.9. The van der Waals surface area contributed by atoms with Crippen molar-refractivity contribution in [2.45, 2.75) is 46.0 Å². The zero-order chi connectivity index (χ0) is 11.4. The van der Waals surface area contributed by atoms with Crippen LogP contribution in [0.1, 0.15) is 46.0 Å². The molecular formula is C16H22. The van der Waals surface area contributed by atoms with Crippen LogP contribution in [0.2, 0.25) is 0 Å². The number of allylic oxidation sites excluding steroid dienone is 8. The van der Waals surface area contributed by atoms with Crippen LogP contribution in [-0.2, 0) is 0 Å². The normalized spacial score (nSPS) is 23.4. The Morgan fingerprint density at radius 1 is 1.19 bits per heavy atom. The number of rotatable bonds is 4. The number of unbranched alkanes of at least 4 members (excludes halogenated alkanes) is 1. The summed E-state index contributed by atoms with van der Waals surface area (Å²) in [4.78, 5) is 0. The Bertz CT molecular complexity index is 363. The van der Waals surface area contributed by atoms with Crippen molar-refractivity contribution < 1.29 is 0 Å². The summed E-state index contributed by atoms with van der Waals surface area (Å²) in [6.45, 7) is 4.52. The minimum Gasteiger partial charge on any atom is -0.0767 e. The second kappa shape index (κ2) is 5.34. The lowest BCUT2D eigenvalue weighted by Gasteiger charge is -2.26. The van der Waals surface area contributed by atoms with E-state index in [1.165, 1.54) is 31.3 Å². The molecule has 86 valence electrons. The molecule has 0 nitrogen and oxygen atoms in total. The third-order valence-electron chi connectivity index (χ3n) is 3.62. The fourth-order valence-corrected chi connectivity index (χ4v) is 2.62. The molecule has 0 unspecified atom stereocenters. The van der Waals surface area contributed by atoms with Crippen molar-refractivity contribution in [2.24, 2.45) is 5.92 Å². The highest BCUT2D eigenvalue weighted by Crippen LogP contribution is 2.36. The fourth-order valence-electron chi connectivity index (χ4n) is 2.62. The molecule has 16 heavy (non-hydrogen) atoms. The van der Waals surface area contributed by atoms with Gasteiger partial charge in [-0.15, -0.1) is 0 Å². The summed E-state index contributed by atoms with van der Waals surface area (Å²) < 4.78 is 0. The van der Waals surface area contributed by atoms with E-state index in [-0.39, 0.29) is 0 Å². The summed E-state index contributed by atoms with van der Waals surface area (Å²) in [5.74, 6) is 0.664. The second-order valence-electron chi connectivity index (χ2n) is 4.79. The van der Waals surface area contributed by atoms with Gasteiger partial charge in [-0.3, -0.25) is 0 Å². The molecule has 2 aliphatic rings. The first-order valence-corrected chi connectivity index (χ1v) is 6.62. The quantitative estimate of drug-likeness (QED) is 0.620. The van der Waals surface area contributed by atoms with E-state index in [0.29, 0.717) is 5.92 Å². The first-order chi connectivity index (χ1) is 7.85. The zero-order valence-corrected chi connectivity index (χ0v) is 10.5. The molecule has 0 N–H and O–H groups in total. The summed E-state index contributed by atoms with van der Waals surface area (Å²) in [5.41, 5.74) is 4.72. The third kappa shape index (κ3) is 2.37. The van der Waals surface area contributed by atoms with E-state index in [0.717, 1.165) is 6.42 Å². The Kier molecular flexibility index (Phi) is 3.82. The lowest BCUT2D eigenvalue weighted by molar-refractivity contribution is 0.672. The van der Waals surface area contributed by atoms with Gasteiger partial charge in [0, 0.05) is 5.92 Å². The molecule has 0 aromatic carbocycles. The predicted molar refractivity (Wildman–Crippen MR) is 71.3 cm³/mol. The van der Waals surface area contributed by atoms with Crippen molar-refractivity contribution in [1.29, 1.82) is 0 Å². The molecule has 1 atom stereocenters. The SMILES string of the molecule is CCCCC1=CC=C2C(CC)=CC=C[C@@H]2C1. The van der Waals surface area contributed by atoms with Gasteiger partial charge < -0.3 is 0 Å². The predicted octanol–water partition coefficient (Wildman–Crippen LogP) is 4.96. The minimum absolute atomic E-state index is 0.664. The van der Waals surface area contributed by atoms with E-state index < -0.39 is 0 Å². The molecule has 0 saturated heterocycles. The molecule has 0 spiro atoms. The van der Waals surface area contributed by atoms with Gasteiger partial charge in [-0.1, -0.05) is 56.2 Å². The van der Waals surface area contributed by atoms with Crippen molar-refractivity contribution in [1.82, 2.24) is 0 Å². The molecule has 0 aromatic rings. The van der Waals surface area contributed by atoms with Gasteiger partial charge in [0.2, 0.25) is 0 Å². The van der Waals surface area contributed by atoms with Crippen LogP contribution >= 0.6 is 0 Å². The van der Waals surface area contributed by atoms with Crippen LogP contribution in [0.3, 0.4) is 0 Å². The van der Waals surface area contributed by atoms with Crippen LogP contribution in [0.5, 0.6) is 0 Å². The lowest BCUT2D eigenvalue weighted by Crippen LogP contribution is -2.11. The van der Waals surface area contributed by atoms with Crippen LogP contribution in [-0.4, -0.2) is 0 Å².